The number of alkyl halides is 3. The van der Waals surface area contributed by atoms with E-state index in [9.17, 15) is 66.2 Å². The molecule has 0 aliphatic carbocycles. The van der Waals surface area contributed by atoms with Crippen molar-refractivity contribution in [1.29, 1.82) is 0 Å². The number of amides is 11. The minimum atomic E-state index is -4.80. The summed E-state index contributed by atoms with van der Waals surface area (Å²) >= 11 is 6.11. The number of hydrogen-bond acceptors (Lipinski definition) is 14. The number of fused-ring (bicyclic) bond motifs is 1. The number of nitrogens with one attached hydrogen (secondary N) is 4. The number of carbonyl (C=O) groups excluding carboxylic acids is 11. The highest BCUT2D eigenvalue weighted by Crippen LogP contribution is 2.35. The van der Waals surface area contributed by atoms with E-state index in [2.05, 4.69) is 21.3 Å². The average Bonchev–Trinajstić information content (AvgIpc) is 0.831. The summed E-state index contributed by atoms with van der Waals surface area (Å²) in [7, 11) is 6.66. The fraction of sp³-hybridized carbons (Fsp3) is 0.746. The van der Waals surface area contributed by atoms with Crippen molar-refractivity contribution < 1.29 is 80.5 Å². The second-order valence-corrected chi connectivity index (χ2v) is 28.6. The highest BCUT2D eigenvalue weighted by Gasteiger charge is 2.46. The average molecular weight is 1390 g/mol. The highest BCUT2D eigenvalue weighted by atomic mass is 35.5. The third-order valence-corrected chi connectivity index (χ3v) is 17.7. The molecule has 0 bridgehead atoms. The van der Waals surface area contributed by atoms with Gasteiger partial charge >= 0.3 is 6.18 Å². The van der Waals surface area contributed by atoms with Gasteiger partial charge in [-0.05, 0) is 121 Å². The molecule has 0 radical (unpaired) electrons. The first kappa shape index (κ1) is 83.6. The third kappa shape index (κ3) is 24.4. The minimum Gasteiger partial charge on any atom is -0.388 e. The van der Waals surface area contributed by atoms with Gasteiger partial charge in [0.1, 0.15) is 47.8 Å². The van der Waals surface area contributed by atoms with Crippen molar-refractivity contribution in [3.63, 3.8) is 0 Å². The molecule has 11 amide bonds. The lowest BCUT2D eigenvalue weighted by atomic mass is 9.95. The molecule has 0 saturated carbocycles. The monoisotopic (exact) mass is 1380 g/mol. The molecule has 3 rings (SSSR count). The SMILES string of the molecule is CC[C@H](C)[C@@H]1NC(=O)[C@H](CC(C)C)N(C)C(=O)C[C@@H](C)NC(=O)[C@H](CC(C)C)N(C)C(=O)C(C)(C)NC(=O)[C@H](COCC(C)(C)O)N(C)C(=O)[C@H](CCc2ccc(C(F)(F)F)c(Cl)c2)NC(=O)CN(C)C(=O)[C@H](COCCC(C)C)N(C)C(=O)C2CCN2C(=O)CN(CC)C1=O. The molecular weight excluding hydrogens is 1280 g/mol. The molecule has 5 N–H and O–H groups in total. The second kappa shape index (κ2) is 36.8. The molecule has 1 aromatic carbocycles. The van der Waals surface area contributed by atoms with Crippen LogP contribution in [0.4, 0.5) is 13.2 Å². The third-order valence-electron chi connectivity index (χ3n) is 17.4. The number of halogens is 4. The van der Waals surface area contributed by atoms with E-state index in [1.807, 2.05) is 48.5 Å². The van der Waals surface area contributed by atoms with Crippen molar-refractivity contribution in [2.24, 2.45) is 23.7 Å². The minimum absolute atomic E-state index is 0.0246. The Morgan fingerprint density at radius 1 is 0.688 bits per heavy atom. The first-order chi connectivity index (χ1) is 44.4. The Kier molecular flexibility index (Phi) is 32.0. The molecule has 0 aromatic heterocycles. The van der Waals surface area contributed by atoms with Crippen LogP contribution in [0, 0.1) is 23.7 Å². The summed E-state index contributed by atoms with van der Waals surface area (Å²) in [5.74, 6) is -8.64. The molecule has 2 heterocycles. The Balaban J connectivity index is 2.28. The van der Waals surface area contributed by atoms with E-state index >= 15 is 4.79 Å². The van der Waals surface area contributed by atoms with Crippen molar-refractivity contribution in [3.05, 3.63) is 34.3 Å². The maximum absolute atomic E-state index is 15.1. The van der Waals surface area contributed by atoms with Gasteiger partial charge in [-0.25, -0.2) is 0 Å². The smallest absolute Gasteiger partial charge is 0.388 e. The summed E-state index contributed by atoms with van der Waals surface area (Å²) in [6.45, 7) is 21.5. The van der Waals surface area contributed by atoms with Gasteiger partial charge in [0.15, 0.2) is 0 Å². The Hall–Kier alpha value is -6.65. The van der Waals surface area contributed by atoms with Crippen LogP contribution in [0.2, 0.25) is 5.02 Å². The first-order valence-electron chi connectivity index (χ1n) is 33.2. The van der Waals surface area contributed by atoms with E-state index < -0.39 is 167 Å². The molecular formula is C67H109ClF3N11O14. The molecule has 29 heteroatoms. The Bertz CT molecular complexity index is 2870. The molecule has 544 valence electrons. The van der Waals surface area contributed by atoms with Crippen LogP contribution < -0.4 is 21.3 Å². The molecule has 1 aromatic rings. The number of aliphatic hydroxyl groups is 1. The van der Waals surface area contributed by atoms with Crippen LogP contribution in [-0.2, 0) is 74.8 Å². The maximum Gasteiger partial charge on any atom is 0.417 e. The van der Waals surface area contributed by atoms with Crippen LogP contribution in [0.15, 0.2) is 18.2 Å². The molecule has 2 fully saturated rings. The van der Waals surface area contributed by atoms with Gasteiger partial charge in [-0.15, -0.1) is 0 Å². The summed E-state index contributed by atoms with van der Waals surface area (Å²) < 4.78 is 53.3. The van der Waals surface area contributed by atoms with Crippen LogP contribution in [0.25, 0.3) is 0 Å². The summed E-state index contributed by atoms with van der Waals surface area (Å²) in [5.41, 5.74) is -4.20. The summed E-state index contributed by atoms with van der Waals surface area (Å²) in [6, 6.07) is -7.04. The van der Waals surface area contributed by atoms with E-state index in [4.69, 9.17) is 21.1 Å². The number of ether oxygens (including phenoxy) is 2. The van der Waals surface area contributed by atoms with Crippen molar-refractivity contribution in [2.75, 3.05) is 87.8 Å². The van der Waals surface area contributed by atoms with Crippen LogP contribution in [0.3, 0.4) is 0 Å². The topological polar surface area (TPSA) is 297 Å². The standard InChI is InChI=1S/C67H109ClF3N11O14/c1-20-42(9)56-63(92)81(21-2)35-55(85)82-28-26-48(82)62(91)79(18)52(37-95-29-27-39(3)4)61(90)76(15)34-53(83)73-47(25-23-44-22-24-45(46(68)33-44)67(69,70)71)60(89)78(17)51(36-96-38-65(11,12)94)59(88)75-66(13,14)64(93)80(19)50(31-41(7)8)57(86)72-43(10)32-54(84)77(16)49(30-40(5)6)58(87)74-56/h22,24,33,39-43,47-52,56,94H,20-21,23,25-32,34-38H2,1-19H3,(H,72,86)(H,73,83)(H,74,87)(H,75,88)/t42-,43+,47-,48?,49-,50-,51-,52-,56-/m0/s1. The summed E-state index contributed by atoms with van der Waals surface area (Å²) in [5, 5.41) is 21.1. The van der Waals surface area contributed by atoms with Gasteiger partial charge in [0, 0.05) is 67.4 Å². The number of carbonyl (C=O) groups is 11. The maximum atomic E-state index is 15.1. The molecule has 96 heavy (non-hydrogen) atoms. The molecule has 1 unspecified atom stereocenters. The summed E-state index contributed by atoms with van der Waals surface area (Å²) in [4.78, 5) is 169. The second-order valence-electron chi connectivity index (χ2n) is 28.2. The van der Waals surface area contributed by atoms with Gasteiger partial charge in [-0.1, -0.05) is 79.5 Å². The zero-order valence-electron chi connectivity index (χ0n) is 59.9. The number of rotatable bonds is 19. The number of likely N-dealkylation sites (N-methyl/N-ethyl adjacent to an activating group) is 6. The van der Waals surface area contributed by atoms with Gasteiger partial charge in [0.05, 0.1) is 49.1 Å². The van der Waals surface area contributed by atoms with Crippen LogP contribution in [0.1, 0.15) is 153 Å². The largest absolute Gasteiger partial charge is 0.417 e. The quantitative estimate of drug-likeness (QED) is 0.121. The molecule has 2 aliphatic rings. The highest BCUT2D eigenvalue weighted by molar-refractivity contribution is 6.31. The van der Waals surface area contributed by atoms with Crippen LogP contribution >= 0.6 is 11.6 Å². The van der Waals surface area contributed by atoms with Gasteiger partial charge in [-0.2, -0.15) is 13.2 Å². The lowest BCUT2D eigenvalue weighted by Crippen LogP contribution is -2.64. The number of hydrogen-bond donors (Lipinski definition) is 5. The van der Waals surface area contributed by atoms with Crippen molar-refractivity contribution in [3.8, 4) is 0 Å². The zero-order chi connectivity index (χ0) is 73.2. The first-order valence-corrected chi connectivity index (χ1v) is 33.6. The van der Waals surface area contributed by atoms with Gasteiger partial charge in [0.2, 0.25) is 65.0 Å². The molecule has 2 saturated heterocycles. The van der Waals surface area contributed by atoms with E-state index in [0.29, 0.717) is 12.8 Å². The Labute approximate surface area is 570 Å². The van der Waals surface area contributed by atoms with Crippen LogP contribution in [0.5, 0.6) is 0 Å². The van der Waals surface area contributed by atoms with E-state index in [1.54, 1.807) is 20.8 Å². The van der Waals surface area contributed by atoms with Gasteiger partial charge in [-0.3, -0.25) is 52.7 Å². The molecule has 0 spiro atoms. The van der Waals surface area contributed by atoms with E-state index in [1.165, 1.54) is 77.6 Å². The molecule has 25 nitrogen and oxygen atoms in total. The number of nitrogens with zero attached hydrogens (tertiary/aromatic N) is 7. The number of benzene rings is 1. The predicted octanol–water partition coefficient (Wildman–Crippen LogP) is 4.27. The van der Waals surface area contributed by atoms with E-state index in [-0.39, 0.29) is 94.8 Å². The van der Waals surface area contributed by atoms with Crippen molar-refractivity contribution >= 4 is 76.6 Å². The number of aryl methyl sites for hydroxylation is 1. The Morgan fingerprint density at radius 2 is 1.26 bits per heavy atom. The molecule has 9 atom stereocenters. The van der Waals surface area contributed by atoms with Gasteiger partial charge in [0.25, 0.3) is 0 Å². The fourth-order valence-corrected chi connectivity index (χ4v) is 11.5. The normalized spacial score (nSPS) is 24.5. The predicted molar refractivity (Wildman–Crippen MR) is 355 cm³/mol. The fourth-order valence-electron chi connectivity index (χ4n) is 11.2. The zero-order valence-corrected chi connectivity index (χ0v) is 60.6. The van der Waals surface area contributed by atoms with E-state index in [0.717, 1.165) is 37.8 Å². The van der Waals surface area contributed by atoms with Crippen molar-refractivity contribution in [1.82, 2.24) is 55.6 Å². The molecule has 2 aliphatic heterocycles. The summed E-state index contributed by atoms with van der Waals surface area (Å²) in [6.07, 6.45) is -4.14. The van der Waals surface area contributed by atoms with Gasteiger partial charge < -0.3 is 70.1 Å². The van der Waals surface area contributed by atoms with Crippen LogP contribution in [-0.4, -0.2) is 252 Å². The van der Waals surface area contributed by atoms with Crippen molar-refractivity contribution in [2.45, 2.75) is 214 Å². The lowest BCUT2D eigenvalue weighted by molar-refractivity contribution is -0.159. The Morgan fingerprint density at radius 3 is 1.78 bits per heavy atom. The lowest BCUT2D eigenvalue weighted by Gasteiger charge is -2.43.